The van der Waals surface area contributed by atoms with E-state index in [1.54, 1.807) is 0 Å². The Morgan fingerprint density at radius 2 is 1.90 bits per heavy atom. The van der Waals surface area contributed by atoms with E-state index in [0.717, 1.165) is 43.3 Å². The average Bonchev–Trinajstić information content (AvgIpc) is 2.46. The molecule has 5 heteroatoms. The first-order valence-electron chi connectivity index (χ1n) is 7.22. The fourth-order valence-corrected chi connectivity index (χ4v) is 2.91. The van der Waals surface area contributed by atoms with Crippen molar-refractivity contribution < 1.29 is 9.53 Å². The number of anilines is 2. The van der Waals surface area contributed by atoms with Crippen LogP contribution in [0.25, 0.3) is 0 Å². The van der Waals surface area contributed by atoms with Crippen LogP contribution in [0.4, 0.5) is 11.4 Å². The lowest BCUT2D eigenvalue weighted by atomic mass is 10.1. The molecule has 1 saturated heterocycles. The molecule has 1 N–H and O–H groups in total. The van der Waals surface area contributed by atoms with Crippen LogP contribution in [-0.4, -0.2) is 44.7 Å². The van der Waals surface area contributed by atoms with E-state index < -0.39 is 0 Å². The number of hydrogen-bond donors (Lipinski definition) is 1. The summed E-state index contributed by atoms with van der Waals surface area (Å²) in [6.45, 7) is 8.10. The van der Waals surface area contributed by atoms with Gasteiger partial charge in [0.15, 0.2) is 12.4 Å². The Kier molecular flexibility index (Phi) is 3.53. The smallest absolute Gasteiger partial charge is 0.265 e. The van der Waals surface area contributed by atoms with Crippen LogP contribution in [0.5, 0.6) is 5.75 Å². The minimum absolute atomic E-state index is 0.0324. The largest absolute Gasteiger partial charge is 0.479 e. The van der Waals surface area contributed by atoms with E-state index in [1.165, 1.54) is 0 Å². The molecule has 1 amide bonds. The van der Waals surface area contributed by atoms with Crippen LogP contribution in [-0.2, 0) is 4.79 Å². The van der Waals surface area contributed by atoms with Gasteiger partial charge in [0.1, 0.15) is 0 Å². The molecule has 0 atom stereocenters. The van der Waals surface area contributed by atoms with Crippen molar-refractivity contribution >= 4 is 17.3 Å². The van der Waals surface area contributed by atoms with Gasteiger partial charge in [-0.25, -0.2) is 0 Å². The van der Waals surface area contributed by atoms with Crippen molar-refractivity contribution in [1.29, 1.82) is 0 Å². The summed E-state index contributed by atoms with van der Waals surface area (Å²) in [5, 5.41) is 3.35. The van der Waals surface area contributed by atoms with E-state index in [4.69, 9.17) is 4.74 Å². The Morgan fingerprint density at radius 3 is 2.60 bits per heavy atom. The molecular weight excluding hydrogens is 254 g/mol. The molecule has 0 spiro atoms. The number of fused-ring (bicyclic) bond motifs is 1. The maximum Gasteiger partial charge on any atom is 0.265 e. The molecule has 0 unspecified atom stereocenters. The summed E-state index contributed by atoms with van der Waals surface area (Å²) in [6, 6.07) is 6.20. The normalized spacial score (nSPS) is 19.1. The van der Waals surface area contributed by atoms with E-state index in [1.807, 2.05) is 30.9 Å². The first-order chi connectivity index (χ1) is 9.68. The Hall–Kier alpha value is -1.75. The molecule has 0 radical (unpaired) electrons. The molecule has 0 aliphatic carbocycles. The van der Waals surface area contributed by atoms with Gasteiger partial charge in [-0.3, -0.25) is 4.79 Å². The molecule has 0 bridgehead atoms. The van der Waals surface area contributed by atoms with Gasteiger partial charge in [-0.1, -0.05) is 6.07 Å². The number of amides is 1. The second-order valence-corrected chi connectivity index (χ2v) is 5.51. The Morgan fingerprint density at radius 1 is 1.20 bits per heavy atom. The first kappa shape index (κ1) is 13.2. The predicted molar refractivity (Wildman–Crippen MR) is 79.6 cm³/mol. The number of para-hydroxylation sites is 1. The van der Waals surface area contributed by atoms with Gasteiger partial charge in [-0.15, -0.1) is 0 Å². The molecule has 5 nitrogen and oxygen atoms in total. The lowest BCUT2D eigenvalue weighted by Gasteiger charge is -2.36. The summed E-state index contributed by atoms with van der Waals surface area (Å²) in [5.74, 6) is 0.882. The minimum Gasteiger partial charge on any atom is -0.479 e. The zero-order valence-corrected chi connectivity index (χ0v) is 12.1. The highest BCUT2D eigenvalue weighted by Gasteiger charge is 2.30. The number of nitrogens with zero attached hydrogens (tertiary/aromatic N) is 2. The van der Waals surface area contributed by atoms with Crippen molar-refractivity contribution in [2.75, 3.05) is 42.6 Å². The van der Waals surface area contributed by atoms with E-state index in [-0.39, 0.29) is 18.6 Å². The highest BCUT2D eigenvalue weighted by atomic mass is 16.5. The third kappa shape index (κ3) is 2.22. The average molecular weight is 275 g/mol. The maximum absolute atomic E-state index is 12.1. The van der Waals surface area contributed by atoms with Gasteiger partial charge in [0, 0.05) is 32.2 Å². The van der Waals surface area contributed by atoms with Gasteiger partial charge in [-0.05, 0) is 26.0 Å². The summed E-state index contributed by atoms with van der Waals surface area (Å²) in [6.07, 6.45) is 0. The van der Waals surface area contributed by atoms with Crippen LogP contribution >= 0.6 is 0 Å². The zero-order valence-electron chi connectivity index (χ0n) is 12.1. The molecule has 2 heterocycles. The van der Waals surface area contributed by atoms with Crippen molar-refractivity contribution in [2.45, 2.75) is 19.9 Å². The van der Waals surface area contributed by atoms with Crippen molar-refractivity contribution in [1.82, 2.24) is 5.32 Å². The summed E-state index contributed by atoms with van der Waals surface area (Å²) in [5.41, 5.74) is 1.99. The predicted octanol–water partition coefficient (Wildman–Crippen LogP) is 1.23. The molecule has 1 aromatic carbocycles. The third-order valence-corrected chi connectivity index (χ3v) is 3.82. The summed E-state index contributed by atoms with van der Waals surface area (Å²) < 4.78 is 5.75. The maximum atomic E-state index is 12.1. The van der Waals surface area contributed by atoms with E-state index >= 15 is 0 Å². The summed E-state index contributed by atoms with van der Waals surface area (Å²) >= 11 is 0. The van der Waals surface area contributed by atoms with Gasteiger partial charge in [0.25, 0.3) is 5.91 Å². The fourth-order valence-electron chi connectivity index (χ4n) is 2.91. The number of piperazine rings is 1. The van der Waals surface area contributed by atoms with E-state index in [9.17, 15) is 4.79 Å². The molecule has 2 aliphatic heterocycles. The summed E-state index contributed by atoms with van der Waals surface area (Å²) in [4.78, 5) is 16.2. The Bertz CT molecular complexity index is 510. The lowest BCUT2D eigenvalue weighted by Crippen LogP contribution is -2.46. The molecule has 1 fully saturated rings. The van der Waals surface area contributed by atoms with Crippen molar-refractivity contribution in [3.8, 4) is 5.75 Å². The molecule has 0 saturated carbocycles. The highest BCUT2D eigenvalue weighted by molar-refractivity contribution is 5.99. The number of ether oxygens (including phenoxy) is 1. The van der Waals surface area contributed by atoms with Crippen LogP contribution in [0.2, 0.25) is 0 Å². The lowest BCUT2D eigenvalue weighted by molar-refractivity contribution is -0.121. The van der Waals surface area contributed by atoms with Gasteiger partial charge in [0.2, 0.25) is 0 Å². The van der Waals surface area contributed by atoms with Crippen molar-refractivity contribution in [3.63, 3.8) is 0 Å². The quantitative estimate of drug-likeness (QED) is 0.882. The SMILES string of the molecule is CC(C)N1C(=O)COc2c(N3CCNCC3)cccc21. The van der Waals surface area contributed by atoms with Crippen LogP contribution in [0.3, 0.4) is 0 Å². The first-order valence-corrected chi connectivity index (χ1v) is 7.22. The van der Waals surface area contributed by atoms with Crippen LogP contribution < -0.4 is 19.9 Å². The topological polar surface area (TPSA) is 44.8 Å². The number of rotatable bonds is 2. The molecular formula is C15H21N3O2. The third-order valence-electron chi connectivity index (χ3n) is 3.82. The number of hydrogen-bond acceptors (Lipinski definition) is 4. The molecule has 3 rings (SSSR count). The summed E-state index contributed by atoms with van der Waals surface area (Å²) in [7, 11) is 0. The Balaban J connectivity index is 2.00. The van der Waals surface area contributed by atoms with E-state index in [2.05, 4.69) is 16.3 Å². The zero-order chi connectivity index (χ0) is 14.1. The van der Waals surface area contributed by atoms with Crippen LogP contribution in [0.15, 0.2) is 18.2 Å². The number of nitrogens with one attached hydrogen (secondary N) is 1. The molecule has 1 aromatic rings. The molecule has 108 valence electrons. The van der Waals surface area contributed by atoms with Gasteiger partial charge < -0.3 is 19.9 Å². The monoisotopic (exact) mass is 275 g/mol. The van der Waals surface area contributed by atoms with Crippen LogP contribution in [0, 0.1) is 0 Å². The highest BCUT2D eigenvalue weighted by Crippen LogP contribution is 2.41. The van der Waals surface area contributed by atoms with Crippen molar-refractivity contribution in [3.05, 3.63) is 18.2 Å². The van der Waals surface area contributed by atoms with Gasteiger partial charge in [0.05, 0.1) is 11.4 Å². The number of carbonyl (C=O) groups excluding carboxylic acids is 1. The fraction of sp³-hybridized carbons (Fsp3) is 0.533. The van der Waals surface area contributed by atoms with Gasteiger partial charge >= 0.3 is 0 Å². The van der Waals surface area contributed by atoms with Crippen molar-refractivity contribution in [2.24, 2.45) is 0 Å². The second kappa shape index (κ2) is 5.32. The molecule has 0 aromatic heterocycles. The minimum atomic E-state index is 0.0324. The molecule has 20 heavy (non-hydrogen) atoms. The Labute approximate surface area is 119 Å². The molecule has 2 aliphatic rings. The van der Waals surface area contributed by atoms with Crippen LogP contribution in [0.1, 0.15) is 13.8 Å². The number of benzene rings is 1. The standard InChI is InChI=1S/C15H21N3O2/c1-11(2)18-13-5-3-4-12(15(13)20-10-14(18)19)17-8-6-16-7-9-17/h3-5,11,16H,6-10H2,1-2H3. The number of carbonyl (C=O) groups is 1. The van der Waals surface area contributed by atoms with E-state index in [0.29, 0.717) is 0 Å². The second-order valence-electron chi connectivity index (χ2n) is 5.51. The van der Waals surface area contributed by atoms with Gasteiger partial charge in [-0.2, -0.15) is 0 Å².